The van der Waals surface area contributed by atoms with Crippen LogP contribution in [-0.4, -0.2) is 21.7 Å². The van der Waals surface area contributed by atoms with Crippen molar-refractivity contribution in [2.45, 2.75) is 32.9 Å². The smallest absolute Gasteiger partial charge is 0.241 e. The molecule has 1 aromatic heterocycles. The molecule has 1 aromatic rings. The fraction of sp³-hybridized carbons (Fsp3) is 0.556. The van der Waals surface area contributed by atoms with Crippen LogP contribution in [0.15, 0.2) is 12.4 Å². The van der Waals surface area contributed by atoms with E-state index in [4.69, 9.17) is 5.73 Å². The van der Waals surface area contributed by atoms with Crippen LogP contribution in [0.2, 0.25) is 0 Å². The van der Waals surface area contributed by atoms with Gasteiger partial charge in [-0.2, -0.15) is 5.10 Å². The molecule has 5 nitrogen and oxygen atoms in total. The van der Waals surface area contributed by atoms with Gasteiger partial charge in [-0.3, -0.25) is 9.48 Å². The lowest BCUT2D eigenvalue weighted by molar-refractivity contribution is -0.117. The number of carbonyl (C=O) groups is 1. The van der Waals surface area contributed by atoms with Gasteiger partial charge >= 0.3 is 0 Å². The van der Waals surface area contributed by atoms with Gasteiger partial charge in [0.2, 0.25) is 5.91 Å². The Morgan fingerprint density at radius 1 is 1.57 bits per heavy atom. The molecule has 0 fully saturated rings. The fourth-order valence-corrected chi connectivity index (χ4v) is 0.941. The first-order valence-corrected chi connectivity index (χ1v) is 4.61. The average molecular weight is 196 g/mol. The molecule has 0 radical (unpaired) electrons. The molecule has 0 aliphatic carbocycles. The van der Waals surface area contributed by atoms with Crippen LogP contribution in [-0.2, 0) is 4.79 Å². The lowest BCUT2D eigenvalue weighted by atomic mass is 10.3. The molecule has 14 heavy (non-hydrogen) atoms. The highest BCUT2D eigenvalue weighted by atomic mass is 16.2. The Morgan fingerprint density at radius 2 is 2.21 bits per heavy atom. The minimum absolute atomic E-state index is 0.201. The van der Waals surface area contributed by atoms with Crippen LogP contribution in [0.1, 0.15) is 26.8 Å². The molecule has 1 rings (SSSR count). The van der Waals surface area contributed by atoms with E-state index in [0.717, 1.165) is 0 Å². The van der Waals surface area contributed by atoms with Crippen LogP contribution in [0, 0.1) is 0 Å². The minimum Gasteiger partial charge on any atom is -0.322 e. The van der Waals surface area contributed by atoms with E-state index < -0.39 is 6.04 Å². The van der Waals surface area contributed by atoms with Crippen LogP contribution in [0.5, 0.6) is 0 Å². The average Bonchev–Trinajstić information content (AvgIpc) is 2.52. The zero-order valence-corrected chi connectivity index (χ0v) is 8.69. The quantitative estimate of drug-likeness (QED) is 0.749. The molecule has 0 bridgehead atoms. The van der Waals surface area contributed by atoms with Gasteiger partial charge in [-0.25, -0.2) is 0 Å². The molecule has 3 N–H and O–H groups in total. The number of hydrogen-bond donors (Lipinski definition) is 2. The van der Waals surface area contributed by atoms with E-state index in [1.165, 1.54) is 0 Å². The van der Waals surface area contributed by atoms with Crippen LogP contribution in [0.3, 0.4) is 0 Å². The van der Waals surface area contributed by atoms with Gasteiger partial charge in [0.05, 0.1) is 17.9 Å². The molecule has 5 heteroatoms. The Balaban J connectivity index is 2.64. The molecule has 0 aliphatic rings. The molecule has 0 spiro atoms. The van der Waals surface area contributed by atoms with Gasteiger partial charge in [0.25, 0.3) is 0 Å². The molecule has 0 aliphatic heterocycles. The second kappa shape index (κ2) is 4.23. The number of nitrogens with two attached hydrogens (primary N) is 1. The number of amides is 1. The second-order valence-corrected chi connectivity index (χ2v) is 3.58. The van der Waals surface area contributed by atoms with Crippen LogP contribution < -0.4 is 11.1 Å². The van der Waals surface area contributed by atoms with E-state index in [1.807, 2.05) is 13.8 Å². The van der Waals surface area contributed by atoms with Gasteiger partial charge in [0.1, 0.15) is 0 Å². The lowest BCUT2D eigenvalue weighted by Crippen LogP contribution is -2.32. The molecule has 0 saturated heterocycles. The topological polar surface area (TPSA) is 72.9 Å². The zero-order valence-electron chi connectivity index (χ0n) is 8.69. The number of nitrogens with one attached hydrogen (secondary N) is 1. The van der Waals surface area contributed by atoms with E-state index in [-0.39, 0.29) is 11.9 Å². The molecule has 1 amide bonds. The summed E-state index contributed by atoms with van der Waals surface area (Å²) in [4.78, 5) is 11.2. The Morgan fingerprint density at radius 3 is 2.64 bits per heavy atom. The summed E-state index contributed by atoms with van der Waals surface area (Å²) in [5.74, 6) is -0.201. The van der Waals surface area contributed by atoms with Crippen molar-refractivity contribution in [2.75, 3.05) is 5.32 Å². The van der Waals surface area contributed by atoms with Crippen molar-refractivity contribution in [3.05, 3.63) is 12.4 Å². The van der Waals surface area contributed by atoms with Crippen molar-refractivity contribution < 1.29 is 4.79 Å². The number of carbonyl (C=O) groups excluding carboxylic acids is 1. The normalized spacial score (nSPS) is 12.9. The number of nitrogens with zero attached hydrogens (tertiary/aromatic N) is 2. The highest BCUT2D eigenvalue weighted by Crippen LogP contribution is 2.09. The van der Waals surface area contributed by atoms with E-state index >= 15 is 0 Å². The summed E-state index contributed by atoms with van der Waals surface area (Å²) in [6, 6.07) is -0.214. The number of hydrogen-bond acceptors (Lipinski definition) is 3. The maximum Gasteiger partial charge on any atom is 0.241 e. The summed E-state index contributed by atoms with van der Waals surface area (Å²) >= 11 is 0. The van der Waals surface area contributed by atoms with Gasteiger partial charge in [-0.1, -0.05) is 0 Å². The molecule has 78 valence electrons. The Labute approximate surface area is 83.3 Å². The number of rotatable bonds is 3. The van der Waals surface area contributed by atoms with Crippen molar-refractivity contribution in [3.8, 4) is 0 Å². The predicted octanol–water partition coefficient (Wildman–Crippen LogP) is 0.750. The Bertz CT molecular complexity index is 316. The predicted molar refractivity (Wildman–Crippen MR) is 54.9 cm³/mol. The summed E-state index contributed by atoms with van der Waals surface area (Å²) in [6.07, 6.45) is 3.39. The van der Waals surface area contributed by atoms with E-state index in [2.05, 4.69) is 10.4 Å². The van der Waals surface area contributed by atoms with Crippen molar-refractivity contribution in [1.82, 2.24) is 9.78 Å². The molecule has 0 saturated carbocycles. The summed E-state index contributed by atoms with van der Waals surface area (Å²) < 4.78 is 1.77. The van der Waals surface area contributed by atoms with E-state index in [1.54, 1.807) is 24.0 Å². The maximum atomic E-state index is 11.2. The first kappa shape index (κ1) is 10.7. The molecule has 1 atom stereocenters. The third-order valence-corrected chi connectivity index (χ3v) is 1.81. The highest BCUT2D eigenvalue weighted by molar-refractivity contribution is 5.94. The molecular formula is C9H16N4O. The second-order valence-electron chi connectivity index (χ2n) is 3.58. The molecule has 0 aromatic carbocycles. The van der Waals surface area contributed by atoms with Crippen LogP contribution >= 0.6 is 0 Å². The third kappa shape index (κ3) is 2.56. The number of aromatic nitrogens is 2. The summed E-state index contributed by atoms with van der Waals surface area (Å²) in [5.41, 5.74) is 6.09. The summed E-state index contributed by atoms with van der Waals surface area (Å²) in [5, 5.41) is 6.76. The maximum absolute atomic E-state index is 11.2. The first-order valence-electron chi connectivity index (χ1n) is 4.61. The SMILES string of the molecule is CC(C)n1cc(NC(=O)[C@H](C)N)cn1. The van der Waals surface area contributed by atoms with Crippen molar-refractivity contribution in [3.63, 3.8) is 0 Å². The van der Waals surface area contributed by atoms with Crippen LogP contribution in [0.25, 0.3) is 0 Å². The zero-order chi connectivity index (χ0) is 10.7. The fourth-order valence-electron chi connectivity index (χ4n) is 0.941. The largest absolute Gasteiger partial charge is 0.322 e. The summed E-state index contributed by atoms with van der Waals surface area (Å²) in [6.45, 7) is 5.68. The molecular weight excluding hydrogens is 180 g/mol. The monoisotopic (exact) mass is 196 g/mol. The standard InChI is InChI=1S/C9H16N4O/c1-6(2)13-5-8(4-11-13)12-9(14)7(3)10/h4-7H,10H2,1-3H3,(H,12,14)/t7-/m0/s1. The number of anilines is 1. The van der Waals surface area contributed by atoms with Crippen molar-refractivity contribution in [1.29, 1.82) is 0 Å². The Hall–Kier alpha value is -1.36. The van der Waals surface area contributed by atoms with Gasteiger partial charge in [-0.05, 0) is 20.8 Å². The first-order chi connectivity index (χ1) is 6.50. The molecule has 1 heterocycles. The van der Waals surface area contributed by atoms with E-state index in [0.29, 0.717) is 5.69 Å². The Kier molecular flexibility index (Phi) is 3.24. The van der Waals surface area contributed by atoms with E-state index in [9.17, 15) is 4.79 Å². The minimum atomic E-state index is -0.502. The van der Waals surface area contributed by atoms with Gasteiger partial charge < -0.3 is 11.1 Å². The molecule has 0 unspecified atom stereocenters. The highest BCUT2D eigenvalue weighted by Gasteiger charge is 2.09. The van der Waals surface area contributed by atoms with Crippen LogP contribution in [0.4, 0.5) is 5.69 Å². The summed E-state index contributed by atoms with van der Waals surface area (Å²) in [7, 11) is 0. The van der Waals surface area contributed by atoms with Crippen molar-refractivity contribution >= 4 is 11.6 Å². The van der Waals surface area contributed by atoms with Gasteiger partial charge in [0, 0.05) is 12.2 Å². The third-order valence-electron chi connectivity index (χ3n) is 1.81. The lowest BCUT2D eigenvalue weighted by Gasteiger charge is -2.05. The van der Waals surface area contributed by atoms with Gasteiger partial charge in [0.15, 0.2) is 0 Å². The van der Waals surface area contributed by atoms with Crippen molar-refractivity contribution in [2.24, 2.45) is 5.73 Å². The van der Waals surface area contributed by atoms with Gasteiger partial charge in [-0.15, -0.1) is 0 Å².